The minimum absolute atomic E-state index is 0.0712. The number of primary amides is 1. The lowest BCUT2D eigenvalue weighted by Crippen LogP contribution is -2.33. The summed E-state index contributed by atoms with van der Waals surface area (Å²) in [5.41, 5.74) is 5.88. The topological polar surface area (TPSA) is 101 Å². The number of carbonyl (C=O) groups excluding carboxylic acids is 3. The van der Waals surface area contributed by atoms with E-state index in [-0.39, 0.29) is 12.5 Å². The molecule has 21 heavy (non-hydrogen) atoms. The highest BCUT2D eigenvalue weighted by Crippen LogP contribution is 2.11. The van der Waals surface area contributed by atoms with Crippen molar-refractivity contribution >= 4 is 23.4 Å². The Morgan fingerprint density at radius 1 is 1.19 bits per heavy atom. The number of anilines is 1. The molecule has 1 aromatic rings. The maximum atomic E-state index is 11.8. The first kappa shape index (κ1) is 16.7. The fourth-order valence-corrected chi connectivity index (χ4v) is 1.77. The molecule has 0 aromatic heterocycles. The summed E-state index contributed by atoms with van der Waals surface area (Å²) in [5, 5.41) is 5.15. The molecule has 0 heterocycles. The standard InChI is InChI=1S/C15H21N3O3/c1-2-3-4-8-14(20)18-12-7-5-6-11(9-12)15(21)17-10-13(16)19/h5-7,9H,2-4,8,10H2,1H3,(H2,16,19)(H,17,21)(H,18,20). The zero-order valence-electron chi connectivity index (χ0n) is 12.1. The van der Waals surface area contributed by atoms with Crippen molar-refractivity contribution in [2.45, 2.75) is 32.6 Å². The van der Waals surface area contributed by atoms with E-state index in [4.69, 9.17) is 5.73 Å². The van der Waals surface area contributed by atoms with Gasteiger partial charge in [0.25, 0.3) is 5.91 Å². The Bertz CT molecular complexity index is 515. The van der Waals surface area contributed by atoms with Crippen LogP contribution in [0.25, 0.3) is 0 Å². The number of hydrogen-bond donors (Lipinski definition) is 3. The van der Waals surface area contributed by atoms with Crippen LogP contribution in [0, 0.1) is 0 Å². The van der Waals surface area contributed by atoms with Crippen LogP contribution in [0.15, 0.2) is 24.3 Å². The molecule has 3 amide bonds. The molecule has 1 aromatic carbocycles. The SMILES string of the molecule is CCCCCC(=O)Nc1cccc(C(=O)NCC(N)=O)c1. The van der Waals surface area contributed by atoms with Crippen LogP contribution in [-0.2, 0) is 9.59 Å². The van der Waals surface area contributed by atoms with Crippen LogP contribution in [0.2, 0.25) is 0 Å². The predicted octanol–water partition coefficient (Wildman–Crippen LogP) is 1.42. The number of benzene rings is 1. The van der Waals surface area contributed by atoms with Crippen LogP contribution in [0.1, 0.15) is 43.0 Å². The number of carbonyl (C=O) groups is 3. The van der Waals surface area contributed by atoms with Crippen molar-refractivity contribution in [1.82, 2.24) is 5.32 Å². The summed E-state index contributed by atoms with van der Waals surface area (Å²) in [4.78, 5) is 34.1. The monoisotopic (exact) mass is 291 g/mol. The van der Waals surface area contributed by atoms with Gasteiger partial charge in [-0.3, -0.25) is 14.4 Å². The van der Waals surface area contributed by atoms with Gasteiger partial charge in [-0.25, -0.2) is 0 Å². The Labute approximate surface area is 124 Å². The minimum atomic E-state index is -0.608. The lowest BCUT2D eigenvalue weighted by atomic mass is 10.1. The summed E-state index contributed by atoms with van der Waals surface area (Å²) in [6.07, 6.45) is 3.39. The van der Waals surface area contributed by atoms with E-state index < -0.39 is 11.8 Å². The van der Waals surface area contributed by atoms with Gasteiger partial charge in [-0.05, 0) is 24.6 Å². The molecule has 114 valence electrons. The van der Waals surface area contributed by atoms with Gasteiger partial charge >= 0.3 is 0 Å². The number of nitrogens with two attached hydrogens (primary N) is 1. The van der Waals surface area contributed by atoms with E-state index in [0.29, 0.717) is 17.7 Å². The third-order valence-electron chi connectivity index (χ3n) is 2.84. The Balaban J connectivity index is 2.57. The molecule has 0 spiro atoms. The van der Waals surface area contributed by atoms with Crippen LogP contribution < -0.4 is 16.4 Å². The van der Waals surface area contributed by atoms with Crippen LogP contribution in [0.3, 0.4) is 0 Å². The molecule has 6 heteroatoms. The van der Waals surface area contributed by atoms with Gasteiger partial charge in [-0.2, -0.15) is 0 Å². The largest absolute Gasteiger partial charge is 0.368 e. The summed E-state index contributed by atoms with van der Waals surface area (Å²) in [7, 11) is 0. The summed E-state index contributed by atoms with van der Waals surface area (Å²) in [6.45, 7) is 1.86. The van der Waals surface area contributed by atoms with E-state index in [1.807, 2.05) is 0 Å². The maximum absolute atomic E-state index is 11.8. The van der Waals surface area contributed by atoms with Gasteiger partial charge < -0.3 is 16.4 Å². The predicted molar refractivity (Wildman–Crippen MR) is 80.7 cm³/mol. The summed E-state index contributed by atoms with van der Waals surface area (Å²) >= 11 is 0. The zero-order chi connectivity index (χ0) is 15.7. The number of amides is 3. The summed E-state index contributed by atoms with van der Waals surface area (Å²) in [6, 6.07) is 6.54. The smallest absolute Gasteiger partial charge is 0.251 e. The molecule has 0 fully saturated rings. The van der Waals surface area contributed by atoms with Gasteiger partial charge in [0.1, 0.15) is 0 Å². The first-order chi connectivity index (χ1) is 10.0. The highest BCUT2D eigenvalue weighted by atomic mass is 16.2. The van der Waals surface area contributed by atoms with Gasteiger partial charge in [0.05, 0.1) is 6.54 Å². The Hall–Kier alpha value is -2.37. The van der Waals surface area contributed by atoms with Crippen molar-refractivity contribution in [2.75, 3.05) is 11.9 Å². The highest BCUT2D eigenvalue weighted by Gasteiger charge is 2.08. The quantitative estimate of drug-likeness (QED) is 0.631. The molecule has 0 aliphatic rings. The molecule has 0 bridgehead atoms. The molecule has 0 atom stereocenters. The van der Waals surface area contributed by atoms with Crippen molar-refractivity contribution in [3.8, 4) is 0 Å². The van der Waals surface area contributed by atoms with Gasteiger partial charge in [-0.1, -0.05) is 25.8 Å². The van der Waals surface area contributed by atoms with Crippen molar-refractivity contribution < 1.29 is 14.4 Å². The molecule has 0 aliphatic heterocycles. The van der Waals surface area contributed by atoms with Gasteiger partial charge in [0.2, 0.25) is 11.8 Å². The second-order valence-electron chi connectivity index (χ2n) is 4.74. The van der Waals surface area contributed by atoms with Crippen LogP contribution in [0.4, 0.5) is 5.69 Å². The fraction of sp³-hybridized carbons (Fsp3) is 0.400. The molecular weight excluding hydrogens is 270 g/mol. The first-order valence-corrected chi connectivity index (χ1v) is 6.99. The zero-order valence-corrected chi connectivity index (χ0v) is 12.1. The normalized spacial score (nSPS) is 9.95. The molecule has 4 N–H and O–H groups in total. The summed E-state index contributed by atoms with van der Waals surface area (Å²) in [5.74, 6) is -1.09. The van der Waals surface area contributed by atoms with Gasteiger partial charge in [-0.15, -0.1) is 0 Å². The van der Waals surface area contributed by atoms with Crippen molar-refractivity contribution in [1.29, 1.82) is 0 Å². The molecular formula is C15H21N3O3. The van der Waals surface area contributed by atoms with Crippen molar-refractivity contribution in [2.24, 2.45) is 5.73 Å². The summed E-state index contributed by atoms with van der Waals surface area (Å²) < 4.78 is 0. The molecule has 0 aliphatic carbocycles. The van der Waals surface area contributed by atoms with E-state index >= 15 is 0 Å². The third-order valence-corrected chi connectivity index (χ3v) is 2.84. The third kappa shape index (κ3) is 6.56. The maximum Gasteiger partial charge on any atom is 0.251 e. The molecule has 0 saturated carbocycles. The number of nitrogens with one attached hydrogen (secondary N) is 2. The second kappa shape index (κ2) is 8.73. The molecule has 6 nitrogen and oxygen atoms in total. The number of rotatable bonds is 8. The average Bonchev–Trinajstić information content (AvgIpc) is 2.45. The van der Waals surface area contributed by atoms with Gasteiger partial charge in [0.15, 0.2) is 0 Å². The van der Waals surface area contributed by atoms with Crippen LogP contribution in [-0.4, -0.2) is 24.3 Å². The molecule has 0 unspecified atom stereocenters. The van der Waals surface area contributed by atoms with Crippen molar-refractivity contribution in [3.05, 3.63) is 29.8 Å². The van der Waals surface area contributed by atoms with E-state index in [0.717, 1.165) is 19.3 Å². The number of hydrogen-bond acceptors (Lipinski definition) is 3. The Morgan fingerprint density at radius 3 is 2.62 bits per heavy atom. The molecule has 0 saturated heterocycles. The van der Waals surface area contributed by atoms with Crippen LogP contribution >= 0.6 is 0 Å². The van der Waals surface area contributed by atoms with E-state index in [1.165, 1.54) is 0 Å². The first-order valence-electron chi connectivity index (χ1n) is 6.99. The van der Waals surface area contributed by atoms with Crippen LogP contribution in [0.5, 0.6) is 0 Å². The lowest BCUT2D eigenvalue weighted by molar-refractivity contribution is -0.117. The van der Waals surface area contributed by atoms with E-state index in [2.05, 4.69) is 17.6 Å². The average molecular weight is 291 g/mol. The van der Waals surface area contributed by atoms with E-state index in [1.54, 1.807) is 24.3 Å². The second-order valence-corrected chi connectivity index (χ2v) is 4.74. The Morgan fingerprint density at radius 2 is 1.95 bits per heavy atom. The molecule has 0 radical (unpaired) electrons. The lowest BCUT2D eigenvalue weighted by Gasteiger charge is -2.07. The Kier molecular flexibility index (Phi) is 6.94. The van der Waals surface area contributed by atoms with Crippen molar-refractivity contribution in [3.63, 3.8) is 0 Å². The minimum Gasteiger partial charge on any atom is -0.368 e. The van der Waals surface area contributed by atoms with Gasteiger partial charge in [0, 0.05) is 17.7 Å². The fourth-order valence-electron chi connectivity index (χ4n) is 1.77. The molecule has 1 rings (SSSR count). The number of unbranched alkanes of at least 4 members (excludes halogenated alkanes) is 2. The van der Waals surface area contributed by atoms with E-state index in [9.17, 15) is 14.4 Å². The highest BCUT2D eigenvalue weighted by molar-refractivity contribution is 5.98.